The fourth-order valence-corrected chi connectivity index (χ4v) is 12.5. The number of likely N-dealkylation sites (tertiary alicyclic amines) is 1. The van der Waals surface area contributed by atoms with Crippen LogP contribution in [0.4, 0.5) is 0 Å². The van der Waals surface area contributed by atoms with Crippen molar-refractivity contribution in [1.29, 1.82) is 5.26 Å². The van der Waals surface area contributed by atoms with Crippen LogP contribution in [0, 0.1) is 35.5 Å². The van der Waals surface area contributed by atoms with Crippen LogP contribution in [0.2, 0.25) is 0 Å². The van der Waals surface area contributed by atoms with Gasteiger partial charge in [0.1, 0.15) is 11.4 Å². The molecule has 6 heterocycles. The number of hydrogen-bond acceptors (Lipinski definition) is 13. The molecule has 21 heteroatoms. The van der Waals surface area contributed by atoms with Gasteiger partial charge in [-0.15, -0.1) is 23.5 Å². The maximum Gasteiger partial charge on any atom is 1.00 e. The number of β-lactam (4-membered cyclic amide) rings is 2. The molecule has 5 N–H and O–H groups in total. The Morgan fingerprint density at radius 1 is 0.794 bits per heavy atom. The van der Waals surface area contributed by atoms with Crippen LogP contribution in [0.1, 0.15) is 46.1 Å². The van der Waals surface area contributed by atoms with Crippen molar-refractivity contribution in [2.45, 2.75) is 94.0 Å². The van der Waals surface area contributed by atoms with Crippen molar-refractivity contribution in [3.05, 3.63) is 63.7 Å². The number of aliphatic carboxylic acids is 2. The van der Waals surface area contributed by atoms with E-state index < -0.39 is 36.0 Å². The van der Waals surface area contributed by atoms with Gasteiger partial charge < -0.3 is 57.2 Å². The van der Waals surface area contributed by atoms with Crippen LogP contribution < -0.4 is 34.9 Å². The zero-order valence-corrected chi connectivity index (χ0v) is 40.8. The summed E-state index contributed by atoms with van der Waals surface area (Å²) in [7, 11) is 6.92. The number of carbonyl (C=O) groups excluding carboxylic acids is 4. The van der Waals surface area contributed by atoms with E-state index in [1.807, 2.05) is 44.2 Å². The van der Waals surface area contributed by atoms with Crippen LogP contribution in [0.15, 0.2) is 51.5 Å². The molecule has 0 aliphatic carbocycles. The fourth-order valence-electron chi connectivity index (χ4n) is 9.50. The number of benzene rings is 1. The number of aliphatic hydroxyl groups excluding tert-OH is 2. The minimum Gasteiger partial charge on any atom is -0.512 e. The Kier molecular flexibility index (Phi) is 19.0. The van der Waals surface area contributed by atoms with E-state index in [-0.39, 0.29) is 119 Å². The van der Waals surface area contributed by atoms with Gasteiger partial charge >= 0.3 is 41.5 Å². The summed E-state index contributed by atoms with van der Waals surface area (Å²) in [5.41, 5.74) is 1.20. The van der Waals surface area contributed by atoms with E-state index in [1.165, 1.54) is 33.3 Å². The van der Waals surface area contributed by atoms with E-state index in [9.17, 15) is 49.2 Å². The Labute approximate surface area is 401 Å². The first-order valence-corrected chi connectivity index (χ1v) is 22.0. The molecule has 6 aliphatic heterocycles. The predicted octanol–water partition coefficient (Wildman–Crippen LogP) is -1.98. The van der Waals surface area contributed by atoms with Gasteiger partial charge in [0, 0.05) is 88.4 Å². The molecule has 7 rings (SSSR count). The Hall–Kier alpha value is -3.39. The van der Waals surface area contributed by atoms with Crippen molar-refractivity contribution >= 4 is 67.5 Å². The number of aliphatic hydroxyl groups is 2. The largest absolute Gasteiger partial charge is 1.00 e. The topological polar surface area (TPSA) is 235 Å². The van der Waals surface area contributed by atoms with Gasteiger partial charge in [-0.1, -0.05) is 44.2 Å². The van der Waals surface area contributed by atoms with Crippen LogP contribution in [0.25, 0.3) is 0 Å². The van der Waals surface area contributed by atoms with Gasteiger partial charge in [0.05, 0.1) is 48.2 Å². The number of carboxylic acid groups (broad SMARTS) is 2. The van der Waals surface area contributed by atoms with E-state index in [2.05, 4.69) is 10.2 Å². The number of fused-ring (bicyclic) bond motifs is 2. The molecule has 4 saturated heterocycles. The van der Waals surface area contributed by atoms with E-state index in [0.717, 1.165) is 5.56 Å². The van der Waals surface area contributed by atoms with Crippen molar-refractivity contribution < 1.29 is 78.8 Å². The molecule has 1 aromatic carbocycles. The third-order valence-corrected chi connectivity index (χ3v) is 15.4. The molecule has 335 valence electrons. The zero-order valence-electron chi connectivity index (χ0n) is 37.2. The molecule has 0 spiro atoms. The normalized spacial score (nSPS) is 30.2. The molecule has 0 bridgehead atoms. The van der Waals surface area contributed by atoms with Crippen LogP contribution in [-0.4, -0.2) is 177 Å². The van der Waals surface area contributed by atoms with Gasteiger partial charge in [-0.05, 0) is 32.3 Å². The van der Waals surface area contributed by atoms with E-state index in [0.29, 0.717) is 42.3 Å². The summed E-state index contributed by atoms with van der Waals surface area (Å²) in [6.45, 7) is 13.6. The molecule has 3 radical (unpaired) electrons. The number of carboxylic acids is 2. The molecule has 0 saturated carbocycles. The number of thioether (sulfide) groups is 2. The molecular weight excluding hydrogens is 860 g/mol. The average molecular weight is 917 g/mol. The maximum atomic E-state index is 12.9. The van der Waals surface area contributed by atoms with Crippen LogP contribution in [-0.2, 0) is 35.3 Å². The Morgan fingerprint density at radius 3 is 1.65 bits per heavy atom. The molecule has 6 aliphatic rings. The molecule has 63 heavy (non-hydrogen) atoms. The van der Waals surface area contributed by atoms with Crippen molar-refractivity contribution in [1.82, 2.24) is 29.8 Å². The molecule has 0 unspecified atom stereocenters. The number of likely N-dealkylation sites (N-methyl/N-ethyl adjacent to an activating group) is 2. The van der Waals surface area contributed by atoms with Crippen LogP contribution in [0.3, 0.4) is 0 Å². The second-order valence-electron chi connectivity index (χ2n) is 16.9. The minimum atomic E-state index is -1.12. The first-order chi connectivity index (χ1) is 28.8. The van der Waals surface area contributed by atoms with Crippen molar-refractivity contribution in [2.75, 3.05) is 41.3 Å². The van der Waals surface area contributed by atoms with Crippen molar-refractivity contribution in [2.24, 2.45) is 23.7 Å². The molecule has 17 nitrogen and oxygen atoms in total. The summed E-state index contributed by atoms with van der Waals surface area (Å²) >= 11 is 2.93. The van der Waals surface area contributed by atoms with Crippen molar-refractivity contribution in [3.63, 3.8) is 0 Å². The minimum absolute atomic E-state index is 0. The number of carbonyl (C=O) groups is 6. The molecule has 1 aromatic rings. The quantitative estimate of drug-likeness (QED) is 0.0869. The van der Waals surface area contributed by atoms with Crippen LogP contribution >= 0.6 is 23.5 Å². The fraction of sp³-hybridized carbons (Fsp3) is 0.595. The van der Waals surface area contributed by atoms with Gasteiger partial charge in [0.2, 0.25) is 23.6 Å². The Morgan fingerprint density at radius 2 is 1.24 bits per heavy atom. The molecule has 12 atom stereocenters. The number of nitrogens with zero attached hydrogens (tertiary/aromatic N) is 6. The number of nitrogens with one attached hydrogen (secondary N) is 1. The first-order valence-electron chi connectivity index (χ1n) is 20.2. The first kappa shape index (κ1) is 54.0. The maximum absolute atomic E-state index is 12.9. The van der Waals surface area contributed by atoms with Gasteiger partial charge in [0.15, 0.2) is 0 Å². The Bertz CT molecular complexity index is 1990. The van der Waals surface area contributed by atoms with Gasteiger partial charge in [0.25, 0.3) is 0 Å². The summed E-state index contributed by atoms with van der Waals surface area (Å²) in [6.07, 6.45) is -0.407. The van der Waals surface area contributed by atoms with Gasteiger partial charge in [-0.25, -0.2) is 9.59 Å². The third kappa shape index (κ3) is 10.5. The number of amides is 4. The SMILES string of the molecule is C[C@@H](O)[C@H]1C(=O)N2C(C(=O)O)=C(S[C@@H]3CN[C@H](C(=O)N(C)C)C3)[C@H](C)[C@H]12.C[C@@H](O)[C@H]1C(=O)N2C(C(=O)O)=C(S[C@H]3C[C@@H](C(=O)N(C)C)N(Cc4ccccc4)C3)[C@H](C)[C@H]12.[B].[C-]#N.[Na+]. The van der Waals surface area contributed by atoms with Crippen LogP contribution in [0.5, 0.6) is 0 Å². The summed E-state index contributed by atoms with van der Waals surface area (Å²) in [4.78, 5) is 83.2. The van der Waals surface area contributed by atoms with Gasteiger partial charge in [-0.2, -0.15) is 0 Å². The van der Waals surface area contributed by atoms with E-state index >= 15 is 0 Å². The van der Waals surface area contributed by atoms with Crippen molar-refractivity contribution in [3.8, 4) is 0 Å². The summed E-state index contributed by atoms with van der Waals surface area (Å²) < 4.78 is 0. The molecular formula is C42H56BN7NaO10S2. The van der Waals surface area contributed by atoms with E-state index in [4.69, 9.17) is 11.8 Å². The van der Waals surface area contributed by atoms with Gasteiger partial charge in [-0.3, -0.25) is 24.1 Å². The van der Waals surface area contributed by atoms with E-state index in [1.54, 1.807) is 51.8 Å². The summed E-state index contributed by atoms with van der Waals surface area (Å²) in [5.74, 6) is -4.30. The number of hydrogen-bond donors (Lipinski definition) is 5. The predicted molar refractivity (Wildman–Crippen MR) is 232 cm³/mol. The number of rotatable bonds is 12. The molecule has 4 fully saturated rings. The monoisotopic (exact) mass is 916 g/mol. The third-order valence-electron chi connectivity index (χ3n) is 12.4. The summed E-state index contributed by atoms with van der Waals surface area (Å²) in [5, 5.41) is 49.0. The molecule has 0 aromatic heterocycles. The Balaban J connectivity index is 0.000000321. The molecule has 4 amide bonds. The second-order valence-corrected chi connectivity index (χ2v) is 19.5. The smallest absolute Gasteiger partial charge is 0.512 e. The zero-order chi connectivity index (χ0) is 45.4. The second kappa shape index (κ2) is 22.2. The average Bonchev–Trinajstić information content (AvgIpc) is 3.94. The standard InChI is InChI=1S/C24H31N3O5S.C17H25N3O5S.CN.B.Na/c1-13-19-18(14(2)28)23(30)27(19)20(24(31)32)21(13)33-16-10-17(22(29)25(3)4)26(12-16)11-15-8-6-5-7-9-15;1-7-12-11(8(2)21)16(23)20(12)13(17(24)25)14(7)26-9-5-10(18-6-9)15(22)19(3)4;1-2;;/h5-9,13-14,16-19,28H,10-12H2,1-4H3,(H,31,32);7-12,18,21H,5-6H2,1-4H3,(H,24,25);;;/q;;-1;;+1/t13-,14-,16+,17+,18-,19-;7-,8-,9+,10+,11-,12-;;;/m11.../s1. The summed E-state index contributed by atoms with van der Waals surface area (Å²) in [6, 6.07) is 8.81.